The highest BCUT2D eigenvalue weighted by Crippen LogP contribution is 2.36. The number of methoxy groups -OCH3 is 1. The average Bonchev–Trinajstić information content (AvgIpc) is 2.87. The molecule has 0 N–H and O–H groups in total. The Balaban J connectivity index is 2.18. The van der Waals surface area contributed by atoms with Gasteiger partial charge in [0.25, 0.3) is 0 Å². The van der Waals surface area contributed by atoms with E-state index >= 15 is 0 Å². The summed E-state index contributed by atoms with van der Waals surface area (Å²) >= 11 is 0. The Hall–Kier alpha value is -1.72. The molecule has 1 aromatic carbocycles. The van der Waals surface area contributed by atoms with E-state index in [2.05, 4.69) is 0 Å². The molecular formula is C14H15F3O3. The van der Waals surface area contributed by atoms with Gasteiger partial charge in [0.1, 0.15) is 5.75 Å². The number of hydrogen-bond acceptors (Lipinski definition) is 3. The summed E-state index contributed by atoms with van der Waals surface area (Å²) in [5, 5.41) is 0. The molecule has 0 aliphatic heterocycles. The van der Waals surface area contributed by atoms with E-state index in [1.807, 2.05) is 0 Å². The maximum atomic E-state index is 12.5. The molecular weight excluding hydrogens is 273 g/mol. The minimum atomic E-state index is -4.38. The fourth-order valence-corrected chi connectivity index (χ4v) is 2.42. The molecule has 0 saturated heterocycles. The van der Waals surface area contributed by atoms with Gasteiger partial charge >= 0.3 is 12.1 Å². The molecule has 0 unspecified atom stereocenters. The van der Waals surface area contributed by atoms with Gasteiger partial charge in [-0.25, -0.2) is 4.79 Å². The number of rotatable bonds is 3. The molecule has 0 spiro atoms. The summed E-state index contributed by atoms with van der Waals surface area (Å²) in [5.74, 6) is -0.236. The number of esters is 1. The van der Waals surface area contributed by atoms with Gasteiger partial charge in [0.15, 0.2) is 0 Å². The summed E-state index contributed by atoms with van der Waals surface area (Å²) in [6.45, 7) is 0. The van der Waals surface area contributed by atoms with Crippen molar-refractivity contribution >= 4 is 5.97 Å². The number of carbonyl (C=O) groups excluding carboxylic acids is 1. The number of benzene rings is 1. The fourth-order valence-electron chi connectivity index (χ4n) is 2.42. The molecule has 110 valence electrons. The minimum absolute atomic E-state index is 0.241. The van der Waals surface area contributed by atoms with Crippen LogP contribution in [0.1, 0.15) is 31.2 Å². The number of halogens is 3. The second kappa shape index (κ2) is 5.34. The van der Waals surface area contributed by atoms with E-state index in [9.17, 15) is 18.0 Å². The van der Waals surface area contributed by atoms with E-state index in [0.29, 0.717) is 12.8 Å². The second-order valence-electron chi connectivity index (χ2n) is 4.82. The van der Waals surface area contributed by atoms with E-state index in [0.717, 1.165) is 25.0 Å². The van der Waals surface area contributed by atoms with Crippen LogP contribution in [0.3, 0.4) is 0 Å². The van der Waals surface area contributed by atoms with Crippen LogP contribution in [-0.2, 0) is 15.7 Å². The molecule has 20 heavy (non-hydrogen) atoms. The Bertz CT molecular complexity index is 473. The highest BCUT2D eigenvalue weighted by Gasteiger charge is 2.45. The number of carbonyl (C=O) groups is 1. The van der Waals surface area contributed by atoms with E-state index in [-0.39, 0.29) is 5.75 Å². The SMILES string of the molecule is COC(=O)C1(Oc2ccc(C(F)(F)F)cc2)CCCC1. The zero-order valence-electron chi connectivity index (χ0n) is 11.0. The monoisotopic (exact) mass is 288 g/mol. The molecule has 2 rings (SSSR count). The quantitative estimate of drug-likeness (QED) is 0.798. The zero-order chi connectivity index (χ0) is 14.8. The van der Waals surface area contributed by atoms with Crippen LogP contribution in [0.2, 0.25) is 0 Å². The Kier molecular flexibility index (Phi) is 3.92. The molecule has 1 fully saturated rings. The fraction of sp³-hybridized carbons (Fsp3) is 0.500. The van der Waals surface area contributed by atoms with Gasteiger partial charge in [-0.3, -0.25) is 0 Å². The lowest BCUT2D eigenvalue weighted by atomic mass is 10.0. The first kappa shape index (κ1) is 14.7. The first-order chi connectivity index (χ1) is 9.37. The standard InChI is InChI=1S/C14H15F3O3/c1-19-12(18)13(8-2-3-9-13)20-11-6-4-10(5-7-11)14(15,16)17/h4-7H,2-3,8-9H2,1H3. The van der Waals surface area contributed by atoms with Crippen LogP contribution < -0.4 is 4.74 Å². The largest absolute Gasteiger partial charge is 0.476 e. The number of alkyl halides is 3. The molecule has 1 aromatic rings. The topological polar surface area (TPSA) is 35.5 Å². The van der Waals surface area contributed by atoms with Crippen LogP contribution in [0, 0.1) is 0 Å². The van der Waals surface area contributed by atoms with Crippen molar-refractivity contribution in [3.63, 3.8) is 0 Å². The van der Waals surface area contributed by atoms with Crippen molar-refractivity contribution in [2.24, 2.45) is 0 Å². The van der Waals surface area contributed by atoms with Crippen molar-refractivity contribution in [2.75, 3.05) is 7.11 Å². The molecule has 0 bridgehead atoms. The third-order valence-corrected chi connectivity index (χ3v) is 3.46. The number of hydrogen-bond donors (Lipinski definition) is 0. The summed E-state index contributed by atoms with van der Waals surface area (Å²) in [7, 11) is 1.28. The first-order valence-corrected chi connectivity index (χ1v) is 6.32. The van der Waals surface area contributed by atoms with Gasteiger partial charge in [-0.15, -0.1) is 0 Å². The maximum Gasteiger partial charge on any atom is 0.416 e. The van der Waals surface area contributed by atoms with E-state index in [1.54, 1.807) is 0 Å². The summed E-state index contributed by atoms with van der Waals surface area (Å²) in [6.07, 6.45) is -1.70. The van der Waals surface area contributed by atoms with Crippen LogP contribution in [0.25, 0.3) is 0 Å². The van der Waals surface area contributed by atoms with Gasteiger partial charge in [0.05, 0.1) is 12.7 Å². The van der Waals surface area contributed by atoms with Crippen LogP contribution in [0.4, 0.5) is 13.2 Å². The molecule has 1 saturated carbocycles. The van der Waals surface area contributed by atoms with E-state index < -0.39 is 23.3 Å². The lowest BCUT2D eigenvalue weighted by molar-refractivity contribution is -0.158. The van der Waals surface area contributed by atoms with Crippen molar-refractivity contribution in [1.82, 2.24) is 0 Å². The van der Waals surface area contributed by atoms with Gasteiger partial charge < -0.3 is 9.47 Å². The van der Waals surface area contributed by atoms with Crippen molar-refractivity contribution in [1.29, 1.82) is 0 Å². The average molecular weight is 288 g/mol. The molecule has 6 heteroatoms. The Morgan fingerprint density at radius 2 is 1.70 bits per heavy atom. The predicted molar refractivity (Wildman–Crippen MR) is 65.3 cm³/mol. The molecule has 1 aliphatic rings. The van der Waals surface area contributed by atoms with Crippen LogP contribution in [0.15, 0.2) is 24.3 Å². The van der Waals surface area contributed by atoms with Crippen LogP contribution in [-0.4, -0.2) is 18.7 Å². The lowest BCUT2D eigenvalue weighted by Gasteiger charge is -2.27. The van der Waals surface area contributed by atoms with Gasteiger partial charge in [0, 0.05) is 0 Å². The van der Waals surface area contributed by atoms with Gasteiger partial charge in [-0.1, -0.05) is 0 Å². The van der Waals surface area contributed by atoms with Gasteiger partial charge in [-0.2, -0.15) is 13.2 Å². The Labute approximate surface area is 114 Å². The summed E-state index contributed by atoms with van der Waals surface area (Å²) in [6, 6.07) is 4.34. The van der Waals surface area contributed by atoms with Crippen molar-refractivity contribution in [3.8, 4) is 5.75 Å². The van der Waals surface area contributed by atoms with Gasteiger partial charge in [0.2, 0.25) is 5.60 Å². The Morgan fingerprint density at radius 3 is 2.15 bits per heavy atom. The highest BCUT2D eigenvalue weighted by atomic mass is 19.4. The first-order valence-electron chi connectivity index (χ1n) is 6.32. The minimum Gasteiger partial charge on any atom is -0.476 e. The molecule has 1 aliphatic carbocycles. The predicted octanol–water partition coefficient (Wildman–Crippen LogP) is 3.57. The van der Waals surface area contributed by atoms with Gasteiger partial charge in [-0.05, 0) is 49.9 Å². The maximum absolute atomic E-state index is 12.5. The van der Waals surface area contributed by atoms with E-state index in [1.165, 1.54) is 19.2 Å². The molecule has 0 heterocycles. The molecule has 0 amide bonds. The van der Waals surface area contributed by atoms with Crippen molar-refractivity contribution < 1.29 is 27.4 Å². The molecule has 0 atom stereocenters. The molecule has 0 aromatic heterocycles. The smallest absolute Gasteiger partial charge is 0.416 e. The lowest BCUT2D eigenvalue weighted by Crippen LogP contribution is -2.42. The third-order valence-electron chi connectivity index (χ3n) is 3.46. The van der Waals surface area contributed by atoms with Crippen LogP contribution >= 0.6 is 0 Å². The summed E-state index contributed by atoms with van der Waals surface area (Å²) < 4.78 is 47.8. The second-order valence-corrected chi connectivity index (χ2v) is 4.82. The third kappa shape index (κ3) is 2.89. The normalized spacial score (nSPS) is 17.8. The molecule has 0 radical (unpaired) electrons. The molecule has 3 nitrogen and oxygen atoms in total. The van der Waals surface area contributed by atoms with E-state index in [4.69, 9.17) is 9.47 Å². The summed E-state index contributed by atoms with van der Waals surface area (Å²) in [5.41, 5.74) is -1.81. The highest BCUT2D eigenvalue weighted by molar-refractivity contribution is 5.80. The van der Waals surface area contributed by atoms with Crippen molar-refractivity contribution in [3.05, 3.63) is 29.8 Å². The van der Waals surface area contributed by atoms with Crippen LogP contribution in [0.5, 0.6) is 5.75 Å². The Morgan fingerprint density at radius 1 is 1.15 bits per heavy atom. The van der Waals surface area contributed by atoms with Crippen molar-refractivity contribution in [2.45, 2.75) is 37.5 Å². The summed E-state index contributed by atoms with van der Waals surface area (Å²) in [4.78, 5) is 11.8. The number of ether oxygens (including phenoxy) is 2. The zero-order valence-corrected chi connectivity index (χ0v) is 11.0.